The third kappa shape index (κ3) is 4.22. The number of nitrogens with one attached hydrogen (secondary N) is 1. The lowest BCUT2D eigenvalue weighted by molar-refractivity contribution is -0.137. The van der Waals surface area contributed by atoms with Crippen molar-refractivity contribution in [3.8, 4) is 5.69 Å². The minimum Gasteiger partial charge on any atom is -0.322 e. The highest BCUT2D eigenvalue weighted by Gasteiger charge is 2.34. The van der Waals surface area contributed by atoms with Crippen LogP contribution >= 0.6 is 0 Å². The normalized spacial score (nSPS) is 16.3. The van der Waals surface area contributed by atoms with Gasteiger partial charge in [-0.05, 0) is 55.7 Å². The predicted molar refractivity (Wildman–Crippen MR) is 117 cm³/mol. The van der Waals surface area contributed by atoms with Gasteiger partial charge in [-0.15, -0.1) is 0 Å². The summed E-state index contributed by atoms with van der Waals surface area (Å²) in [4.78, 5) is 26.8. The number of alkyl halides is 3. The molecule has 0 bridgehead atoms. The maximum atomic E-state index is 13.2. The Bertz CT molecular complexity index is 1230. The number of benzene rings is 2. The zero-order chi connectivity index (χ0) is 23.2. The lowest BCUT2D eigenvalue weighted by Gasteiger charge is -2.17. The average molecular weight is 454 g/mol. The molecule has 33 heavy (non-hydrogen) atoms. The molecule has 9 heteroatoms. The van der Waals surface area contributed by atoms with Gasteiger partial charge in [0.2, 0.25) is 5.91 Å². The first-order chi connectivity index (χ1) is 15.8. The van der Waals surface area contributed by atoms with Crippen molar-refractivity contribution in [1.29, 1.82) is 0 Å². The number of hydrogen-bond acceptors (Lipinski definition) is 3. The Labute approximate surface area is 188 Å². The number of anilines is 2. The first kappa shape index (κ1) is 21.2. The Hall–Kier alpha value is -3.62. The van der Waals surface area contributed by atoms with Crippen molar-refractivity contribution in [3.05, 3.63) is 71.5 Å². The van der Waals surface area contributed by atoms with E-state index >= 15 is 0 Å². The molecule has 1 aromatic heterocycles. The van der Waals surface area contributed by atoms with Gasteiger partial charge < -0.3 is 10.2 Å². The lowest BCUT2D eigenvalue weighted by atomic mass is 10.1. The Morgan fingerprint density at radius 3 is 2.52 bits per heavy atom. The topological polar surface area (TPSA) is 67.2 Å². The molecule has 2 fully saturated rings. The molecule has 1 saturated heterocycles. The Morgan fingerprint density at radius 2 is 1.82 bits per heavy atom. The molecule has 1 saturated carbocycles. The lowest BCUT2D eigenvalue weighted by Crippen LogP contribution is -2.23. The van der Waals surface area contributed by atoms with Gasteiger partial charge in [-0.1, -0.05) is 12.1 Å². The van der Waals surface area contributed by atoms with Gasteiger partial charge in [0.05, 0.1) is 28.7 Å². The van der Waals surface area contributed by atoms with Crippen LogP contribution in [0.1, 0.15) is 53.2 Å². The third-order valence-electron chi connectivity index (χ3n) is 5.92. The average Bonchev–Trinajstić information content (AvgIpc) is 3.37. The van der Waals surface area contributed by atoms with Gasteiger partial charge in [0, 0.05) is 30.3 Å². The highest BCUT2D eigenvalue weighted by molar-refractivity contribution is 6.05. The van der Waals surface area contributed by atoms with Gasteiger partial charge >= 0.3 is 6.18 Å². The molecule has 0 unspecified atom stereocenters. The first-order valence-electron chi connectivity index (χ1n) is 10.8. The van der Waals surface area contributed by atoms with Crippen molar-refractivity contribution in [1.82, 2.24) is 9.78 Å². The minimum absolute atomic E-state index is 0.0526. The Kier molecular flexibility index (Phi) is 5.19. The number of aromatic nitrogens is 2. The number of amides is 2. The van der Waals surface area contributed by atoms with E-state index in [0.717, 1.165) is 37.1 Å². The molecular formula is C24H21F3N4O2. The smallest absolute Gasteiger partial charge is 0.322 e. The molecule has 1 aliphatic heterocycles. The standard InChI is InChI=1S/C24H21F3N4O2/c25-24(26,27)16-4-1-7-19(12-16)31-22(15-9-10-15)20(14-28-31)23(33)29-17-5-2-6-18(13-17)30-11-3-8-21(30)32/h1-2,4-7,12-15H,3,8-11H2,(H,29,33). The second kappa shape index (κ2) is 8.06. The fourth-order valence-corrected chi connectivity index (χ4v) is 4.17. The SMILES string of the molecule is O=C(Nc1cccc(N2CCCC2=O)c1)c1cnn(-c2cccc(C(F)(F)F)c2)c1C1CC1. The summed E-state index contributed by atoms with van der Waals surface area (Å²) >= 11 is 0. The molecule has 5 rings (SSSR count). The highest BCUT2D eigenvalue weighted by atomic mass is 19.4. The van der Waals surface area contributed by atoms with E-state index in [1.54, 1.807) is 29.2 Å². The predicted octanol–water partition coefficient (Wildman–Crippen LogP) is 5.15. The van der Waals surface area contributed by atoms with E-state index in [1.807, 2.05) is 6.07 Å². The zero-order valence-electron chi connectivity index (χ0n) is 17.6. The molecule has 1 aliphatic carbocycles. The molecule has 0 atom stereocenters. The summed E-state index contributed by atoms with van der Waals surface area (Å²) in [7, 11) is 0. The van der Waals surface area contributed by atoms with Crippen LogP contribution in [0.4, 0.5) is 24.5 Å². The number of carbonyl (C=O) groups excluding carboxylic acids is 2. The van der Waals surface area contributed by atoms with Crippen LogP contribution in [0, 0.1) is 0 Å². The van der Waals surface area contributed by atoms with E-state index in [2.05, 4.69) is 10.4 Å². The van der Waals surface area contributed by atoms with E-state index in [4.69, 9.17) is 0 Å². The maximum absolute atomic E-state index is 13.2. The zero-order valence-corrected chi connectivity index (χ0v) is 17.6. The fraction of sp³-hybridized carbons (Fsp3) is 0.292. The van der Waals surface area contributed by atoms with Crippen LogP contribution in [0.25, 0.3) is 5.69 Å². The molecular weight excluding hydrogens is 433 g/mol. The van der Waals surface area contributed by atoms with Crippen LogP contribution < -0.4 is 10.2 Å². The van der Waals surface area contributed by atoms with Gasteiger partial charge in [-0.3, -0.25) is 9.59 Å². The first-order valence-corrected chi connectivity index (χ1v) is 10.8. The van der Waals surface area contributed by atoms with E-state index < -0.39 is 11.7 Å². The number of halogens is 3. The number of rotatable bonds is 5. The second-order valence-electron chi connectivity index (χ2n) is 8.33. The van der Waals surface area contributed by atoms with Crippen molar-refractivity contribution in [2.75, 3.05) is 16.8 Å². The van der Waals surface area contributed by atoms with Crippen molar-refractivity contribution in [3.63, 3.8) is 0 Å². The van der Waals surface area contributed by atoms with Crippen LogP contribution in [-0.4, -0.2) is 28.1 Å². The van der Waals surface area contributed by atoms with Crippen molar-refractivity contribution in [2.45, 2.75) is 37.8 Å². The molecule has 3 aromatic rings. The Morgan fingerprint density at radius 1 is 1.06 bits per heavy atom. The van der Waals surface area contributed by atoms with Crippen LogP contribution in [0.3, 0.4) is 0 Å². The fourth-order valence-electron chi connectivity index (χ4n) is 4.17. The van der Waals surface area contributed by atoms with Gasteiger partial charge in [-0.2, -0.15) is 18.3 Å². The second-order valence-corrected chi connectivity index (χ2v) is 8.33. The molecule has 2 aliphatic rings. The van der Waals surface area contributed by atoms with Crippen LogP contribution in [-0.2, 0) is 11.0 Å². The molecule has 2 amide bonds. The van der Waals surface area contributed by atoms with Crippen LogP contribution in [0.2, 0.25) is 0 Å². The van der Waals surface area contributed by atoms with Gasteiger partial charge in [0.15, 0.2) is 0 Å². The summed E-state index contributed by atoms with van der Waals surface area (Å²) in [5.41, 5.74) is 1.69. The molecule has 170 valence electrons. The summed E-state index contributed by atoms with van der Waals surface area (Å²) < 4.78 is 41.0. The van der Waals surface area contributed by atoms with E-state index in [9.17, 15) is 22.8 Å². The molecule has 2 aromatic carbocycles. The maximum Gasteiger partial charge on any atom is 0.416 e. The number of nitrogens with zero attached hydrogens (tertiary/aromatic N) is 3. The van der Waals surface area contributed by atoms with Crippen molar-refractivity contribution in [2.24, 2.45) is 0 Å². The minimum atomic E-state index is -4.47. The van der Waals surface area contributed by atoms with E-state index in [-0.39, 0.29) is 23.4 Å². The molecule has 2 heterocycles. The van der Waals surface area contributed by atoms with E-state index in [1.165, 1.54) is 16.9 Å². The quantitative estimate of drug-likeness (QED) is 0.580. The third-order valence-corrected chi connectivity index (χ3v) is 5.92. The summed E-state index contributed by atoms with van der Waals surface area (Å²) in [5, 5.41) is 7.11. The highest BCUT2D eigenvalue weighted by Crippen LogP contribution is 2.43. The van der Waals surface area contributed by atoms with Gasteiger partial charge in [0.1, 0.15) is 0 Å². The monoisotopic (exact) mass is 454 g/mol. The van der Waals surface area contributed by atoms with Crippen molar-refractivity contribution < 1.29 is 22.8 Å². The van der Waals surface area contributed by atoms with Crippen LogP contribution in [0.5, 0.6) is 0 Å². The van der Waals surface area contributed by atoms with Crippen molar-refractivity contribution >= 4 is 23.2 Å². The summed E-state index contributed by atoms with van der Waals surface area (Å²) in [6.07, 6.45) is -0.0676. The van der Waals surface area contributed by atoms with Gasteiger partial charge in [-0.25, -0.2) is 4.68 Å². The summed E-state index contributed by atoms with van der Waals surface area (Å²) in [5.74, 6) is -0.270. The molecule has 0 spiro atoms. The summed E-state index contributed by atoms with van der Waals surface area (Å²) in [6.45, 7) is 0.645. The van der Waals surface area contributed by atoms with Crippen LogP contribution in [0.15, 0.2) is 54.7 Å². The number of hydrogen-bond donors (Lipinski definition) is 1. The molecule has 1 N–H and O–H groups in total. The molecule has 6 nitrogen and oxygen atoms in total. The largest absolute Gasteiger partial charge is 0.416 e. The van der Waals surface area contributed by atoms with Gasteiger partial charge in [0.25, 0.3) is 5.91 Å². The molecule has 0 radical (unpaired) electrons. The van der Waals surface area contributed by atoms with E-state index in [0.29, 0.717) is 29.9 Å². The Balaban J connectivity index is 1.43. The number of carbonyl (C=O) groups is 2. The summed E-state index contributed by atoms with van der Waals surface area (Å²) in [6, 6.07) is 12.0.